The quantitative estimate of drug-likeness (QED) is 0.690. The Morgan fingerprint density at radius 3 is 2.50 bits per heavy atom. The second kappa shape index (κ2) is 7.02. The highest BCUT2D eigenvalue weighted by atomic mass is 79.9. The number of pyridine rings is 2. The van der Waals surface area contributed by atoms with Gasteiger partial charge in [0.25, 0.3) is 0 Å². The predicted molar refractivity (Wildman–Crippen MR) is 106 cm³/mol. The van der Waals surface area contributed by atoms with Crippen LogP contribution in [0.2, 0.25) is 0 Å². The summed E-state index contributed by atoms with van der Waals surface area (Å²) in [4.78, 5) is 25.7. The minimum atomic E-state index is -0.497. The third kappa shape index (κ3) is 3.92. The van der Waals surface area contributed by atoms with Gasteiger partial charge < -0.3 is 9.64 Å². The maximum Gasteiger partial charge on any atom is 0.410 e. The fourth-order valence-corrected chi connectivity index (χ4v) is 3.76. The van der Waals surface area contributed by atoms with E-state index in [1.807, 2.05) is 51.7 Å². The molecule has 6 nitrogen and oxygen atoms in total. The van der Waals surface area contributed by atoms with Gasteiger partial charge in [-0.3, -0.25) is 9.88 Å². The van der Waals surface area contributed by atoms with Gasteiger partial charge in [0.2, 0.25) is 0 Å². The van der Waals surface area contributed by atoms with Crippen molar-refractivity contribution in [3.63, 3.8) is 0 Å². The van der Waals surface area contributed by atoms with Crippen molar-refractivity contribution in [3.8, 4) is 0 Å². The summed E-state index contributed by atoms with van der Waals surface area (Å²) in [5.74, 6) is 0.902. The van der Waals surface area contributed by atoms with E-state index in [-0.39, 0.29) is 18.2 Å². The molecule has 3 heterocycles. The number of rotatable bonds is 1. The number of nitrogens with zero attached hydrogens (tertiary/aromatic N) is 4. The zero-order valence-corrected chi connectivity index (χ0v) is 17.4. The zero-order chi connectivity index (χ0) is 19.1. The maximum absolute atomic E-state index is 12.6. The third-order valence-corrected chi connectivity index (χ3v) is 4.81. The van der Waals surface area contributed by atoms with Gasteiger partial charge in [-0.25, -0.2) is 9.78 Å². The summed E-state index contributed by atoms with van der Waals surface area (Å²) in [5.41, 5.74) is 0.413. The lowest BCUT2D eigenvalue weighted by molar-refractivity contribution is 0.00563. The lowest BCUT2D eigenvalue weighted by atomic mass is 10.1. The van der Waals surface area contributed by atoms with Gasteiger partial charge in [-0.1, -0.05) is 0 Å². The van der Waals surface area contributed by atoms with Gasteiger partial charge in [0.15, 0.2) is 0 Å². The zero-order valence-electron chi connectivity index (χ0n) is 15.9. The van der Waals surface area contributed by atoms with Crippen molar-refractivity contribution in [2.45, 2.75) is 52.3 Å². The van der Waals surface area contributed by atoms with Gasteiger partial charge in [-0.15, -0.1) is 0 Å². The largest absolute Gasteiger partial charge is 0.444 e. The average Bonchev–Trinajstić information content (AvgIpc) is 2.51. The third-order valence-electron chi connectivity index (χ3n) is 4.38. The number of hydrogen-bond donors (Lipinski definition) is 0. The number of carbonyl (C=O) groups excluding carboxylic acids is 1. The molecule has 1 aliphatic heterocycles. The van der Waals surface area contributed by atoms with Crippen LogP contribution in [0.5, 0.6) is 0 Å². The van der Waals surface area contributed by atoms with Crippen LogP contribution in [0.15, 0.2) is 29.0 Å². The number of ether oxygens (including phenoxy) is 1. The Labute approximate surface area is 162 Å². The van der Waals surface area contributed by atoms with Crippen LogP contribution in [0, 0.1) is 0 Å². The van der Waals surface area contributed by atoms with Crippen molar-refractivity contribution in [2.75, 3.05) is 18.0 Å². The first kappa shape index (κ1) is 18.9. The molecule has 3 rings (SSSR count). The highest BCUT2D eigenvalue weighted by Crippen LogP contribution is 2.29. The molecule has 0 N–H and O–H groups in total. The van der Waals surface area contributed by atoms with Gasteiger partial charge in [-0.05, 0) is 62.7 Å². The summed E-state index contributed by atoms with van der Waals surface area (Å²) < 4.78 is 6.51. The van der Waals surface area contributed by atoms with Crippen molar-refractivity contribution in [1.29, 1.82) is 0 Å². The van der Waals surface area contributed by atoms with E-state index in [1.165, 1.54) is 0 Å². The van der Waals surface area contributed by atoms with Crippen LogP contribution in [0.4, 0.5) is 10.6 Å². The van der Waals surface area contributed by atoms with Gasteiger partial charge >= 0.3 is 6.09 Å². The molecule has 140 valence electrons. The smallest absolute Gasteiger partial charge is 0.410 e. The van der Waals surface area contributed by atoms with Crippen LogP contribution < -0.4 is 4.90 Å². The second-order valence-electron chi connectivity index (χ2n) is 7.85. The molecule has 2 aromatic heterocycles. The normalized spacial score (nSPS) is 21.2. The summed E-state index contributed by atoms with van der Waals surface area (Å²) >= 11 is 3.49. The monoisotopic (exact) mass is 420 g/mol. The molecule has 0 unspecified atom stereocenters. The number of piperazine rings is 1. The molecular weight excluding hydrogens is 396 g/mol. The first-order valence-electron chi connectivity index (χ1n) is 8.82. The Hall–Kier alpha value is -1.89. The van der Waals surface area contributed by atoms with E-state index < -0.39 is 5.60 Å². The highest BCUT2D eigenvalue weighted by molar-refractivity contribution is 9.10. The van der Waals surface area contributed by atoms with E-state index in [1.54, 1.807) is 12.4 Å². The van der Waals surface area contributed by atoms with Crippen molar-refractivity contribution in [3.05, 3.63) is 29.0 Å². The lowest BCUT2D eigenvalue weighted by Gasteiger charge is -2.45. The van der Waals surface area contributed by atoms with Crippen molar-refractivity contribution >= 4 is 38.7 Å². The van der Waals surface area contributed by atoms with Gasteiger partial charge in [0, 0.05) is 35.3 Å². The molecule has 1 aliphatic rings. The molecule has 0 radical (unpaired) electrons. The van der Waals surface area contributed by atoms with Crippen LogP contribution in [0.1, 0.15) is 34.6 Å². The van der Waals surface area contributed by atoms with Gasteiger partial charge in [-0.2, -0.15) is 0 Å². The number of aromatic nitrogens is 2. The molecule has 1 fully saturated rings. The maximum atomic E-state index is 12.6. The van der Waals surface area contributed by atoms with Crippen LogP contribution in [-0.4, -0.2) is 51.7 Å². The molecular formula is C19H25BrN4O2. The Morgan fingerprint density at radius 2 is 1.88 bits per heavy atom. The molecule has 1 amide bonds. The van der Waals surface area contributed by atoms with E-state index in [9.17, 15) is 4.79 Å². The molecule has 1 saturated heterocycles. The molecule has 0 spiro atoms. The van der Waals surface area contributed by atoms with E-state index in [2.05, 4.69) is 30.8 Å². The Kier molecular flexibility index (Phi) is 5.10. The summed E-state index contributed by atoms with van der Waals surface area (Å²) in [6.45, 7) is 11.2. The molecule has 0 bridgehead atoms. The van der Waals surface area contributed by atoms with E-state index in [0.29, 0.717) is 13.1 Å². The molecule has 2 atom stereocenters. The highest BCUT2D eigenvalue weighted by Gasteiger charge is 2.36. The summed E-state index contributed by atoms with van der Waals surface area (Å²) in [5, 5.41) is 1.01. The molecule has 2 aromatic rings. The van der Waals surface area contributed by atoms with Gasteiger partial charge in [0.05, 0.1) is 17.6 Å². The fourth-order valence-electron chi connectivity index (χ4n) is 3.43. The number of hydrogen-bond acceptors (Lipinski definition) is 5. The number of anilines is 1. The summed E-state index contributed by atoms with van der Waals surface area (Å²) in [7, 11) is 0. The predicted octanol–water partition coefficient (Wildman–Crippen LogP) is 4.23. The molecule has 26 heavy (non-hydrogen) atoms. The molecule has 0 saturated carbocycles. The molecule has 0 aliphatic carbocycles. The molecule has 7 heteroatoms. The first-order chi connectivity index (χ1) is 12.2. The lowest BCUT2D eigenvalue weighted by Crippen LogP contribution is -2.59. The number of fused-ring (bicyclic) bond motifs is 1. The SMILES string of the molecule is C[C@@H]1CN(c2nccc3ncc(Br)cc23)C[C@H](C)N1C(=O)OC(C)(C)C. The van der Waals surface area contributed by atoms with E-state index >= 15 is 0 Å². The number of carbonyl (C=O) groups is 1. The minimum Gasteiger partial charge on any atom is -0.444 e. The Morgan fingerprint density at radius 1 is 1.23 bits per heavy atom. The molecule has 0 aromatic carbocycles. The Bertz CT molecular complexity index is 809. The van der Waals surface area contributed by atoms with Gasteiger partial charge in [0.1, 0.15) is 11.4 Å². The first-order valence-corrected chi connectivity index (χ1v) is 9.61. The van der Waals surface area contributed by atoms with Crippen molar-refractivity contribution < 1.29 is 9.53 Å². The van der Waals surface area contributed by atoms with Crippen LogP contribution in [0.25, 0.3) is 10.9 Å². The topological polar surface area (TPSA) is 58.6 Å². The standard InChI is InChI=1S/C19H25BrN4O2/c1-12-10-23(11-13(2)24(12)18(25)26-19(3,4)5)17-15-8-14(20)9-22-16(15)6-7-21-17/h6-9,12-13H,10-11H2,1-5H3/t12-,13+. The van der Waals surface area contributed by atoms with Crippen molar-refractivity contribution in [2.24, 2.45) is 0 Å². The van der Waals surface area contributed by atoms with Crippen LogP contribution in [0.3, 0.4) is 0 Å². The summed E-state index contributed by atoms with van der Waals surface area (Å²) in [6, 6.07) is 3.99. The van der Waals surface area contributed by atoms with Crippen LogP contribution in [-0.2, 0) is 4.74 Å². The van der Waals surface area contributed by atoms with Crippen molar-refractivity contribution in [1.82, 2.24) is 14.9 Å². The fraction of sp³-hybridized carbons (Fsp3) is 0.526. The van der Waals surface area contributed by atoms with E-state index in [0.717, 1.165) is 21.2 Å². The average molecular weight is 421 g/mol. The number of halogens is 1. The van der Waals surface area contributed by atoms with E-state index in [4.69, 9.17) is 4.74 Å². The Balaban J connectivity index is 1.86. The summed E-state index contributed by atoms with van der Waals surface area (Å²) in [6.07, 6.45) is 3.32. The minimum absolute atomic E-state index is 0.0192. The van der Waals surface area contributed by atoms with Crippen LogP contribution >= 0.6 is 15.9 Å². The number of amides is 1. The second-order valence-corrected chi connectivity index (χ2v) is 8.76.